The van der Waals surface area contributed by atoms with Crippen LogP contribution in [0.5, 0.6) is 0 Å². The highest BCUT2D eigenvalue weighted by atomic mass is 16.1. The van der Waals surface area contributed by atoms with Gasteiger partial charge in [0.05, 0.1) is 11.4 Å². The summed E-state index contributed by atoms with van der Waals surface area (Å²) in [6.45, 7) is 0. The summed E-state index contributed by atoms with van der Waals surface area (Å²) in [6, 6.07) is 8.28. The van der Waals surface area contributed by atoms with E-state index >= 15 is 0 Å². The third kappa shape index (κ3) is 1.86. The highest BCUT2D eigenvalue weighted by molar-refractivity contribution is 6.09. The molecule has 16 heavy (non-hydrogen) atoms. The molecule has 80 valence electrons. The largest absolute Gasteiger partial charge is 0.397 e. The Kier molecular flexibility index (Phi) is 2.55. The van der Waals surface area contributed by atoms with Crippen molar-refractivity contribution < 1.29 is 4.79 Å². The molecule has 0 amide bonds. The zero-order chi connectivity index (χ0) is 11.5. The number of nitrogen functional groups attached to an aromatic ring is 2. The average Bonchev–Trinajstić information content (AvgIpc) is 2.33. The molecular weight excluding hydrogens is 202 g/mol. The van der Waals surface area contributed by atoms with E-state index in [1.54, 1.807) is 36.5 Å². The molecule has 0 unspecified atom stereocenters. The number of nitrogens with zero attached hydrogens (tertiary/aromatic N) is 1. The van der Waals surface area contributed by atoms with Crippen LogP contribution in [0.3, 0.4) is 0 Å². The molecule has 0 aliphatic carbocycles. The number of carbonyl (C=O) groups is 1. The summed E-state index contributed by atoms with van der Waals surface area (Å²) in [6.07, 6.45) is 3.14. The maximum absolute atomic E-state index is 12.0. The molecule has 4 heteroatoms. The second kappa shape index (κ2) is 4.02. The summed E-state index contributed by atoms with van der Waals surface area (Å²) in [7, 11) is 0. The van der Waals surface area contributed by atoms with Crippen molar-refractivity contribution in [3.63, 3.8) is 0 Å². The van der Waals surface area contributed by atoms with E-state index in [1.165, 1.54) is 6.20 Å². The molecule has 4 N–H and O–H groups in total. The molecule has 0 saturated carbocycles. The number of hydrogen-bond acceptors (Lipinski definition) is 4. The molecule has 4 nitrogen and oxygen atoms in total. The predicted molar refractivity (Wildman–Crippen MR) is 62.9 cm³/mol. The van der Waals surface area contributed by atoms with Crippen LogP contribution in [0.25, 0.3) is 0 Å². The van der Waals surface area contributed by atoms with Crippen molar-refractivity contribution >= 4 is 17.2 Å². The number of nitrogens with two attached hydrogens (primary N) is 2. The van der Waals surface area contributed by atoms with E-state index in [2.05, 4.69) is 4.98 Å². The molecule has 0 bridgehead atoms. The van der Waals surface area contributed by atoms with Crippen molar-refractivity contribution in [3.05, 3.63) is 53.9 Å². The van der Waals surface area contributed by atoms with Gasteiger partial charge in [0.25, 0.3) is 0 Å². The van der Waals surface area contributed by atoms with E-state index in [1.807, 2.05) is 0 Å². The molecule has 0 fully saturated rings. The van der Waals surface area contributed by atoms with Crippen LogP contribution >= 0.6 is 0 Å². The van der Waals surface area contributed by atoms with Gasteiger partial charge in [-0.2, -0.15) is 0 Å². The van der Waals surface area contributed by atoms with Gasteiger partial charge in [0, 0.05) is 23.5 Å². The molecule has 0 aliphatic rings. The lowest BCUT2D eigenvalue weighted by Crippen LogP contribution is -2.03. The van der Waals surface area contributed by atoms with Gasteiger partial charge in [0.1, 0.15) is 0 Å². The van der Waals surface area contributed by atoms with Crippen molar-refractivity contribution in [2.45, 2.75) is 0 Å². The summed E-state index contributed by atoms with van der Waals surface area (Å²) in [4.78, 5) is 15.9. The molecule has 0 spiro atoms. The predicted octanol–water partition coefficient (Wildman–Crippen LogP) is 1.48. The number of rotatable bonds is 2. The van der Waals surface area contributed by atoms with Gasteiger partial charge in [0.2, 0.25) is 0 Å². The SMILES string of the molecule is Nc1ccc(C(=O)c2cccnc2)cc1N. The van der Waals surface area contributed by atoms with Crippen LogP contribution in [-0.4, -0.2) is 10.8 Å². The maximum Gasteiger partial charge on any atom is 0.194 e. The van der Waals surface area contributed by atoms with Gasteiger partial charge in [-0.3, -0.25) is 9.78 Å². The Balaban J connectivity index is 2.39. The molecule has 0 aliphatic heterocycles. The first-order valence-electron chi connectivity index (χ1n) is 4.78. The summed E-state index contributed by atoms with van der Waals surface area (Å²) in [5.41, 5.74) is 13.2. The van der Waals surface area contributed by atoms with Gasteiger partial charge in [0.15, 0.2) is 5.78 Å². The minimum atomic E-state index is -0.111. The van der Waals surface area contributed by atoms with E-state index < -0.39 is 0 Å². The second-order valence-electron chi connectivity index (χ2n) is 3.41. The molecule has 1 aromatic heterocycles. The summed E-state index contributed by atoms with van der Waals surface area (Å²) < 4.78 is 0. The van der Waals surface area contributed by atoms with Crippen molar-refractivity contribution in [3.8, 4) is 0 Å². The number of aromatic nitrogens is 1. The van der Waals surface area contributed by atoms with Crippen LogP contribution in [-0.2, 0) is 0 Å². The van der Waals surface area contributed by atoms with E-state index in [4.69, 9.17) is 11.5 Å². The maximum atomic E-state index is 12.0. The van der Waals surface area contributed by atoms with Crippen LogP contribution in [0.1, 0.15) is 15.9 Å². The number of carbonyl (C=O) groups excluding carboxylic acids is 1. The lowest BCUT2D eigenvalue weighted by Gasteiger charge is -2.03. The molecule has 0 atom stereocenters. The first-order chi connectivity index (χ1) is 7.68. The van der Waals surface area contributed by atoms with Crippen molar-refractivity contribution in [2.75, 3.05) is 11.5 Å². The van der Waals surface area contributed by atoms with E-state index in [9.17, 15) is 4.79 Å². The topological polar surface area (TPSA) is 82.0 Å². The molecular formula is C12H11N3O. The number of hydrogen-bond donors (Lipinski definition) is 2. The number of pyridine rings is 1. The van der Waals surface area contributed by atoms with Gasteiger partial charge in [-0.1, -0.05) is 0 Å². The lowest BCUT2D eigenvalue weighted by atomic mass is 10.0. The van der Waals surface area contributed by atoms with Crippen LogP contribution in [0, 0.1) is 0 Å². The number of ketones is 1. The van der Waals surface area contributed by atoms with Crippen molar-refractivity contribution in [1.29, 1.82) is 0 Å². The minimum absolute atomic E-state index is 0.111. The Bertz CT molecular complexity index is 523. The molecule has 0 radical (unpaired) electrons. The Hall–Kier alpha value is -2.36. The fourth-order valence-corrected chi connectivity index (χ4v) is 1.38. The Morgan fingerprint density at radius 3 is 2.50 bits per heavy atom. The van der Waals surface area contributed by atoms with Crippen LogP contribution in [0.4, 0.5) is 11.4 Å². The number of anilines is 2. The van der Waals surface area contributed by atoms with E-state index in [0.29, 0.717) is 22.5 Å². The molecule has 2 rings (SSSR count). The monoisotopic (exact) mass is 213 g/mol. The summed E-state index contributed by atoms with van der Waals surface area (Å²) in [5, 5.41) is 0. The van der Waals surface area contributed by atoms with Crippen LogP contribution < -0.4 is 11.5 Å². The minimum Gasteiger partial charge on any atom is -0.397 e. The third-order valence-electron chi connectivity index (χ3n) is 2.27. The van der Waals surface area contributed by atoms with Gasteiger partial charge >= 0.3 is 0 Å². The Morgan fingerprint density at radius 2 is 1.88 bits per heavy atom. The van der Waals surface area contributed by atoms with Gasteiger partial charge in [-0.25, -0.2) is 0 Å². The smallest absolute Gasteiger partial charge is 0.194 e. The fraction of sp³-hybridized carbons (Fsp3) is 0. The van der Waals surface area contributed by atoms with Crippen molar-refractivity contribution in [1.82, 2.24) is 4.98 Å². The van der Waals surface area contributed by atoms with Gasteiger partial charge in [-0.05, 0) is 30.3 Å². The first-order valence-corrected chi connectivity index (χ1v) is 4.78. The first kappa shape index (κ1) is 10.2. The quantitative estimate of drug-likeness (QED) is 0.584. The van der Waals surface area contributed by atoms with Crippen LogP contribution in [0.2, 0.25) is 0 Å². The third-order valence-corrected chi connectivity index (χ3v) is 2.27. The molecule has 1 heterocycles. The highest BCUT2D eigenvalue weighted by Crippen LogP contribution is 2.18. The zero-order valence-electron chi connectivity index (χ0n) is 8.55. The molecule has 1 aromatic carbocycles. The Labute approximate surface area is 92.9 Å². The molecule has 2 aromatic rings. The van der Waals surface area contributed by atoms with E-state index in [-0.39, 0.29) is 5.78 Å². The number of benzene rings is 1. The lowest BCUT2D eigenvalue weighted by molar-refractivity contribution is 0.103. The van der Waals surface area contributed by atoms with Gasteiger partial charge in [-0.15, -0.1) is 0 Å². The zero-order valence-corrected chi connectivity index (χ0v) is 8.55. The van der Waals surface area contributed by atoms with Gasteiger partial charge < -0.3 is 11.5 Å². The highest BCUT2D eigenvalue weighted by Gasteiger charge is 2.09. The fourth-order valence-electron chi connectivity index (χ4n) is 1.38. The second-order valence-corrected chi connectivity index (χ2v) is 3.41. The van der Waals surface area contributed by atoms with E-state index in [0.717, 1.165) is 0 Å². The summed E-state index contributed by atoms with van der Waals surface area (Å²) >= 11 is 0. The summed E-state index contributed by atoms with van der Waals surface area (Å²) in [5.74, 6) is -0.111. The average molecular weight is 213 g/mol. The Morgan fingerprint density at radius 1 is 1.06 bits per heavy atom. The normalized spacial score (nSPS) is 10.0. The van der Waals surface area contributed by atoms with Crippen molar-refractivity contribution in [2.24, 2.45) is 0 Å². The van der Waals surface area contributed by atoms with Crippen LogP contribution in [0.15, 0.2) is 42.7 Å². The standard InChI is InChI=1S/C12H11N3O/c13-10-4-3-8(6-11(10)14)12(16)9-2-1-5-15-7-9/h1-7H,13-14H2. The molecule has 0 saturated heterocycles.